The zero-order chi connectivity index (χ0) is 24.9. The molecule has 0 unspecified atom stereocenters. The van der Waals surface area contributed by atoms with Crippen molar-refractivity contribution in [2.75, 3.05) is 0 Å². The van der Waals surface area contributed by atoms with Crippen LogP contribution in [-0.2, 0) is 7.05 Å². The summed E-state index contributed by atoms with van der Waals surface area (Å²) in [6, 6.07) is 11.6. The van der Waals surface area contributed by atoms with E-state index in [2.05, 4.69) is 0 Å². The van der Waals surface area contributed by atoms with E-state index in [0.717, 1.165) is 5.56 Å². The Hall–Kier alpha value is -2.41. The quantitative estimate of drug-likeness (QED) is 0.556. The zero-order valence-electron chi connectivity index (χ0n) is 23.1. The first-order chi connectivity index (χ1) is 15.0. The minimum atomic E-state index is -2.53. The summed E-state index contributed by atoms with van der Waals surface area (Å²) in [7, 11) is 1.71. The van der Waals surface area contributed by atoms with Gasteiger partial charge in [-0.25, -0.2) is 4.57 Å². The standard InChI is InChI=1S/C23H26N/c1-15-10-11-21(24(6)14-15)23-17(3)8-7-9-20(23)22-18(4)12-16(2)13-19(22)5/h7-14H,1-6H3/q+1/i1D3,4D3,5D3. The molecule has 0 radical (unpaired) electrons. The Bertz CT molecular complexity index is 1170. The van der Waals surface area contributed by atoms with Gasteiger partial charge in [0.1, 0.15) is 7.05 Å². The van der Waals surface area contributed by atoms with Gasteiger partial charge in [-0.15, -0.1) is 0 Å². The Morgan fingerprint density at radius 3 is 2.17 bits per heavy atom. The molecule has 0 saturated carbocycles. The molecule has 0 amide bonds. The highest BCUT2D eigenvalue weighted by Gasteiger charge is 2.19. The van der Waals surface area contributed by atoms with Crippen LogP contribution in [0, 0.1) is 34.4 Å². The van der Waals surface area contributed by atoms with Crippen molar-refractivity contribution in [2.45, 2.75) is 34.4 Å². The van der Waals surface area contributed by atoms with Gasteiger partial charge in [0.25, 0.3) is 0 Å². The van der Waals surface area contributed by atoms with Gasteiger partial charge in [0.15, 0.2) is 6.20 Å². The molecule has 0 saturated heterocycles. The largest absolute Gasteiger partial charge is 0.213 e. The SMILES string of the molecule is [2H]C([2H])([2H])c1ccc(-c2c(C)cccc2-c2c(C([2H])([2H])[2H])cc(C)cc2C([2H])([2H])[2H])[n+](C)c1. The van der Waals surface area contributed by atoms with Crippen LogP contribution in [0.4, 0.5) is 0 Å². The maximum absolute atomic E-state index is 8.11. The molecule has 0 fully saturated rings. The Morgan fingerprint density at radius 2 is 1.54 bits per heavy atom. The van der Waals surface area contributed by atoms with Crippen molar-refractivity contribution in [3.05, 3.63) is 76.5 Å². The Kier molecular flexibility index (Phi) is 2.24. The van der Waals surface area contributed by atoms with Gasteiger partial charge in [-0.05, 0) is 68.3 Å². The molecule has 1 nitrogen and oxygen atoms in total. The summed E-state index contributed by atoms with van der Waals surface area (Å²) in [4.78, 5) is 0. The van der Waals surface area contributed by atoms with E-state index in [4.69, 9.17) is 12.3 Å². The van der Waals surface area contributed by atoms with Crippen LogP contribution in [0.1, 0.15) is 40.2 Å². The van der Waals surface area contributed by atoms with Gasteiger partial charge in [-0.2, -0.15) is 0 Å². The molecule has 3 rings (SSSR count). The summed E-state index contributed by atoms with van der Waals surface area (Å²) in [5.41, 5.74) is 3.41. The molecule has 24 heavy (non-hydrogen) atoms. The summed E-state index contributed by atoms with van der Waals surface area (Å²) in [5.74, 6) is 0. The molecule has 0 aliphatic heterocycles. The minimum absolute atomic E-state index is 0.0257. The number of benzene rings is 2. The van der Waals surface area contributed by atoms with E-state index in [-0.39, 0.29) is 22.3 Å². The summed E-state index contributed by atoms with van der Waals surface area (Å²) in [5, 5.41) is 0. The molecule has 3 aromatic rings. The van der Waals surface area contributed by atoms with Crippen molar-refractivity contribution in [2.24, 2.45) is 7.05 Å². The molecule has 0 bridgehead atoms. The van der Waals surface area contributed by atoms with Gasteiger partial charge < -0.3 is 0 Å². The van der Waals surface area contributed by atoms with Gasteiger partial charge >= 0.3 is 0 Å². The van der Waals surface area contributed by atoms with E-state index in [9.17, 15) is 0 Å². The van der Waals surface area contributed by atoms with Crippen LogP contribution in [0.15, 0.2) is 48.7 Å². The van der Waals surface area contributed by atoms with Crippen molar-refractivity contribution in [1.82, 2.24) is 0 Å². The Morgan fingerprint density at radius 1 is 0.792 bits per heavy atom. The molecule has 1 heterocycles. The molecule has 0 aliphatic carbocycles. The maximum Gasteiger partial charge on any atom is 0.213 e. The van der Waals surface area contributed by atoms with Gasteiger partial charge in [-0.3, -0.25) is 0 Å². The molecule has 122 valence electrons. The number of rotatable bonds is 2. The topological polar surface area (TPSA) is 3.88 Å². The Balaban J connectivity index is 2.45. The van der Waals surface area contributed by atoms with Crippen molar-refractivity contribution >= 4 is 0 Å². The lowest BCUT2D eigenvalue weighted by Crippen LogP contribution is -2.31. The van der Waals surface area contributed by atoms with Crippen LogP contribution in [-0.4, -0.2) is 0 Å². The van der Waals surface area contributed by atoms with Gasteiger partial charge in [0.05, 0.1) is 5.56 Å². The molecular formula is C23H26N+. The van der Waals surface area contributed by atoms with E-state index in [0.29, 0.717) is 22.4 Å². The second-order valence-corrected chi connectivity index (χ2v) is 6.15. The molecular weight excluding hydrogens is 290 g/mol. The van der Waals surface area contributed by atoms with Crippen LogP contribution in [0.5, 0.6) is 0 Å². The van der Waals surface area contributed by atoms with E-state index in [1.165, 1.54) is 24.4 Å². The third kappa shape index (κ3) is 2.87. The summed E-state index contributed by atoms with van der Waals surface area (Å²) in [6.07, 6.45) is 1.52. The molecule has 0 spiro atoms. The fourth-order valence-electron chi connectivity index (χ4n) is 3.16. The maximum atomic E-state index is 8.11. The third-order valence-corrected chi connectivity index (χ3v) is 4.21. The fraction of sp³-hybridized carbons (Fsp3) is 0.261. The minimum Gasteiger partial charge on any atom is -0.201 e. The second kappa shape index (κ2) is 6.24. The van der Waals surface area contributed by atoms with Crippen molar-refractivity contribution < 1.29 is 16.9 Å². The number of aryl methyl sites for hydroxylation is 6. The first-order valence-corrected chi connectivity index (χ1v) is 7.78. The monoisotopic (exact) mass is 325 g/mol. The van der Waals surface area contributed by atoms with Crippen molar-refractivity contribution in [1.29, 1.82) is 0 Å². The molecule has 2 aromatic carbocycles. The lowest BCUT2D eigenvalue weighted by molar-refractivity contribution is -0.660. The highest BCUT2D eigenvalue weighted by Crippen LogP contribution is 2.37. The number of pyridine rings is 1. The predicted octanol–water partition coefficient (Wildman–Crippen LogP) is 5.39. The third-order valence-electron chi connectivity index (χ3n) is 4.21. The summed E-state index contributed by atoms with van der Waals surface area (Å²) < 4.78 is 73.4. The van der Waals surface area contributed by atoms with Gasteiger partial charge in [0.2, 0.25) is 5.69 Å². The normalized spacial score (nSPS) is 18.0. The van der Waals surface area contributed by atoms with Crippen LogP contribution < -0.4 is 4.57 Å². The highest BCUT2D eigenvalue weighted by molar-refractivity contribution is 5.86. The van der Waals surface area contributed by atoms with E-state index in [1.807, 2.05) is 13.0 Å². The van der Waals surface area contributed by atoms with E-state index < -0.39 is 20.6 Å². The highest BCUT2D eigenvalue weighted by atomic mass is 14.9. The molecule has 1 heteroatoms. The second-order valence-electron chi connectivity index (χ2n) is 6.15. The zero-order valence-corrected chi connectivity index (χ0v) is 14.1. The average Bonchev–Trinajstić information content (AvgIpc) is 2.65. The Labute approximate surface area is 158 Å². The van der Waals surface area contributed by atoms with E-state index >= 15 is 0 Å². The summed E-state index contributed by atoms with van der Waals surface area (Å²) >= 11 is 0. The lowest BCUT2D eigenvalue weighted by atomic mass is 9.87. The lowest BCUT2D eigenvalue weighted by Gasteiger charge is -2.16. The average molecular weight is 326 g/mol. The van der Waals surface area contributed by atoms with Crippen LogP contribution in [0.2, 0.25) is 0 Å². The number of hydrogen-bond acceptors (Lipinski definition) is 0. The first-order valence-electron chi connectivity index (χ1n) is 12.3. The molecule has 0 atom stereocenters. The number of nitrogens with zero attached hydrogens (tertiary/aromatic N) is 1. The van der Waals surface area contributed by atoms with E-state index in [1.54, 1.807) is 36.7 Å². The van der Waals surface area contributed by atoms with Gasteiger partial charge in [0, 0.05) is 24.0 Å². The van der Waals surface area contributed by atoms with Crippen LogP contribution >= 0.6 is 0 Å². The van der Waals surface area contributed by atoms with Crippen molar-refractivity contribution in [3.8, 4) is 22.4 Å². The molecule has 0 N–H and O–H groups in total. The van der Waals surface area contributed by atoms with Crippen LogP contribution in [0.25, 0.3) is 22.4 Å². The fourth-order valence-corrected chi connectivity index (χ4v) is 3.16. The summed E-state index contributed by atoms with van der Waals surface area (Å²) in [6.45, 7) is -3.80. The predicted molar refractivity (Wildman–Crippen MR) is 102 cm³/mol. The van der Waals surface area contributed by atoms with Crippen molar-refractivity contribution in [3.63, 3.8) is 0 Å². The molecule has 0 aliphatic rings. The van der Waals surface area contributed by atoms with Crippen LogP contribution in [0.3, 0.4) is 0 Å². The molecule has 1 aromatic heterocycles. The number of aromatic nitrogens is 1. The smallest absolute Gasteiger partial charge is 0.201 e. The van der Waals surface area contributed by atoms with Gasteiger partial charge in [-0.1, -0.05) is 35.9 Å². The first kappa shape index (κ1) is 8.62. The number of hydrogen-bond donors (Lipinski definition) is 0.